The first kappa shape index (κ1) is 15.7. The maximum atomic E-state index is 11.5. The van der Waals surface area contributed by atoms with Crippen molar-refractivity contribution in [2.45, 2.75) is 30.2 Å². The zero-order valence-electron chi connectivity index (χ0n) is 11.8. The first-order valence-corrected chi connectivity index (χ1v) is 8.73. The maximum Gasteiger partial charge on any atom is 0.293 e. The summed E-state index contributed by atoms with van der Waals surface area (Å²) in [4.78, 5) is 10.5. The molecular formula is C13H19N3O4S. The van der Waals surface area contributed by atoms with Crippen LogP contribution in [0.3, 0.4) is 0 Å². The van der Waals surface area contributed by atoms with Crippen molar-refractivity contribution < 1.29 is 13.3 Å². The zero-order valence-corrected chi connectivity index (χ0v) is 12.6. The number of nitrogens with one attached hydrogen (secondary N) is 2. The van der Waals surface area contributed by atoms with Crippen LogP contribution in [0.25, 0.3) is 0 Å². The summed E-state index contributed by atoms with van der Waals surface area (Å²) in [5.41, 5.74) is 0.133. The van der Waals surface area contributed by atoms with Crippen LogP contribution in [0.2, 0.25) is 0 Å². The molecule has 2 rings (SSSR count). The van der Waals surface area contributed by atoms with Gasteiger partial charge in [0.15, 0.2) is 9.84 Å². The van der Waals surface area contributed by atoms with Crippen LogP contribution in [0.1, 0.15) is 19.3 Å². The largest absolute Gasteiger partial charge is 0.378 e. The molecule has 0 bridgehead atoms. The lowest BCUT2D eigenvalue weighted by molar-refractivity contribution is -0.384. The Kier molecular flexibility index (Phi) is 4.79. The molecule has 1 aromatic rings. The SMILES string of the molecule is CS(=O)(=O)c1ccc(NCC2CCCCN2)c([N+](=O)[O-])c1. The monoisotopic (exact) mass is 313 g/mol. The average Bonchev–Trinajstić information content (AvgIpc) is 2.45. The zero-order chi connectivity index (χ0) is 15.5. The van der Waals surface area contributed by atoms with Crippen molar-refractivity contribution in [3.63, 3.8) is 0 Å². The van der Waals surface area contributed by atoms with E-state index in [9.17, 15) is 18.5 Å². The number of rotatable bonds is 5. The van der Waals surface area contributed by atoms with Crippen LogP contribution in [0.5, 0.6) is 0 Å². The highest BCUT2D eigenvalue weighted by Crippen LogP contribution is 2.27. The van der Waals surface area contributed by atoms with E-state index in [0.29, 0.717) is 12.2 Å². The van der Waals surface area contributed by atoms with E-state index in [2.05, 4.69) is 10.6 Å². The third kappa shape index (κ3) is 4.15. The van der Waals surface area contributed by atoms with E-state index in [4.69, 9.17) is 0 Å². The minimum atomic E-state index is -3.46. The molecule has 1 saturated heterocycles. The summed E-state index contributed by atoms with van der Waals surface area (Å²) in [7, 11) is -3.46. The maximum absolute atomic E-state index is 11.5. The Morgan fingerprint density at radius 1 is 1.43 bits per heavy atom. The van der Waals surface area contributed by atoms with Crippen molar-refractivity contribution in [2.24, 2.45) is 0 Å². The number of nitrogens with zero attached hydrogens (tertiary/aromatic N) is 1. The molecule has 0 spiro atoms. The van der Waals surface area contributed by atoms with Gasteiger partial charge < -0.3 is 10.6 Å². The molecule has 0 aromatic heterocycles. The van der Waals surface area contributed by atoms with E-state index >= 15 is 0 Å². The molecular weight excluding hydrogens is 294 g/mol. The lowest BCUT2D eigenvalue weighted by Gasteiger charge is -2.24. The molecule has 1 unspecified atom stereocenters. The molecule has 0 aliphatic carbocycles. The molecule has 116 valence electrons. The molecule has 0 saturated carbocycles. The molecule has 7 nitrogen and oxygen atoms in total. The Bertz CT molecular complexity index is 624. The molecule has 1 heterocycles. The predicted molar refractivity (Wildman–Crippen MR) is 80.3 cm³/mol. The lowest BCUT2D eigenvalue weighted by Crippen LogP contribution is -2.39. The Morgan fingerprint density at radius 3 is 2.76 bits per heavy atom. The van der Waals surface area contributed by atoms with Crippen molar-refractivity contribution in [1.82, 2.24) is 5.32 Å². The van der Waals surface area contributed by atoms with E-state index in [0.717, 1.165) is 38.1 Å². The lowest BCUT2D eigenvalue weighted by atomic mass is 10.1. The molecule has 1 aliphatic heterocycles. The summed E-state index contributed by atoms with van der Waals surface area (Å²) in [6.07, 6.45) is 4.36. The van der Waals surface area contributed by atoms with Crippen LogP contribution >= 0.6 is 0 Å². The third-order valence-corrected chi connectivity index (χ3v) is 4.66. The number of nitro groups is 1. The van der Waals surface area contributed by atoms with Gasteiger partial charge in [0.2, 0.25) is 0 Å². The van der Waals surface area contributed by atoms with Gasteiger partial charge in [-0.2, -0.15) is 0 Å². The number of hydrogen-bond donors (Lipinski definition) is 2. The van der Waals surface area contributed by atoms with E-state index in [1.165, 1.54) is 12.1 Å². The summed E-state index contributed by atoms with van der Waals surface area (Å²) in [5, 5.41) is 17.5. The van der Waals surface area contributed by atoms with E-state index < -0.39 is 14.8 Å². The van der Waals surface area contributed by atoms with Gasteiger partial charge in [0, 0.05) is 24.9 Å². The normalized spacial score (nSPS) is 19.2. The van der Waals surface area contributed by atoms with Gasteiger partial charge in [0.25, 0.3) is 5.69 Å². The Morgan fingerprint density at radius 2 is 2.19 bits per heavy atom. The molecule has 8 heteroatoms. The van der Waals surface area contributed by atoms with Gasteiger partial charge >= 0.3 is 0 Å². The second kappa shape index (κ2) is 6.40. The van der Waals surface area contributed by atoms with Gasteiger partial charge in [-0.1, -0.05) is 6.42 Å². The van der Waals surface area contributed by atoms with Crippen molar-refractivity contribution in [2.75, 3.05) is 24.7 Å². The number of sulfone groups is 1. The molecule has 0 amide bonds. The third-order valence-electron chi connectivity index (χ3n) is 3.55. The van der Waals surface area contributed by atoms with Crippen LogP contribution in [-0.2, 0) is 9.84 Å². The predicted octanol–water partition coefficient (Wildman–Crippen LogP) is 1.55. The minimum absolute atomic E-state index is 0.0458. The number of anilines is 1. The van der Waals surface area contributed by atoms with Gasteiger partial charge in [-0.15, -0.1) is 0 Å². The van der Waals surface area contributed by atoms with E-state index in [1.807, 2.05) is 0 Å². The van der Waals surface area contributed by atoms with Crippen molar-refractivity contribution in [1.29, 1.82) is 0 Å². The fourth-order valence-electron chi connectivity index (χ4n) is 2.37. The Labute approximate surface area is 123 Å². The molecule has 2 N–H and O–H groups in total. The van der Waals surface area contributed by atoms with Crippen LogP contribution in [0.15, 0.2) is 23.1 Å². The first-order valence-electron chi connectivity index (χ1n) is 6.83. The fraction of sp³-hybridized carbons (Fsp3) is 0.538. The summed E-state index contributed by atoms with van der Waals surface area (Å²) in [6, 6.07) is 4.23. The van der Waals surface area contributed by atoms with E-state index in [-0.39, 0.29) is 16.6 Å². The van der Waals surface area contributed by atoms with Crippen molar-refractivity contribution in [3.8, 4) is 0 Å². The van der Waals surface area contributed by atoms with Crippen molar-refractivity contribution >= 4 is 21.2 Å². The van der Waals surface area contributed by atoms with Crippen molar-refractivity contribution in [3.05, 3.63) is 28.3 Å². The van der Waals surface area contributed by atoms with Gasteiger partial charge in [-0.25, -0.2) is 8.42 Å². The molecule has 0 radical (unpaired) electrons. The molecule has 1 aliphatic rings. The summed E-state index contributed by atoms with van der Waals surface area (Å²) < 4.78 is 22.9. The van der Waals surface area contributed by atoms with Crippen LogP contribution in [0.4, 0.5) is 11.4 Å². The number of piperidine rings is 1. The van der Waals surface area contributed by atoms with Gasteiger partial charge in [-0.05, 0) is 31.5 Å². The van der Waals surface area contributed by atoms with Gasteiger partial charge in [-0.3, -0.25) is 10.1 Å². The molecule has 1 atom stereocenters. The smallest absolute Gasteiger partial charge is 0.293 e. The second-order valence-corrected chi connectivity index (χ2v) is 7.25. The fourth-order valence-corrected chi connectivity index (χ4v) is 3.01. The minimum Gasteiger partial charge on any atom is -0.378 e. The summed E-state index contributed by atoms with van der Waals surface area (Å²) in [5.74, 6) is 0. The molecule has 21 heavy (non-hydrogen) atoms. The van der Waals surface area contributed by atoms with Crippen LogP contribution in [0, 0.1) is 10.1 Å². The average molecular weight is 313 g/mol. The second-order valence-electron chi connectivity index (χ2n) is 5.24. The summed E-state index contributed by atoms with van der Waals surface area (Å²) in [6.45, 7) is 1.54. The topological polar surface area (TPSA) is 101 Å². The Hall–Kier alpha value is -1.67. The molecule has 1 fully saturated rings. The first-order chi connectivity index (χ1) is 9.88. The van der Waals surface area contributed by atoms with E-state index in [1.54, 1.807) is 0 Å². The highest BCUT2D eigenvalue weighted by molar-refractivity contribution is 7.90. The summed E-state index contributed by atoms with van der Waals surface area (Å²) >= 11 is 0. The number of benzene rings is 1. The Balaban J connectivity index is 2.16. The standard InChI is InChI=1S/C13H19N3O4S/c1-21(19,20)11-5-6-12(13(8-11)16(17)18)15-9-10-4-2-3-7-14-10/h5-6,8,10,14-15H,2-4,7,9H2,1H3. The highest BCUT2D eigenvalue weighted by atomic mass is 32.2. The van der Waals surface area contributed by atoms with Crippen LogP contribution in [-0.4, -0.2) is 38.7 Å². The number of hydrogen-bond acceptors (Lipinski definition) is 6. The number of nitro benzene ring substituents is 1. The van der Waals surface area contributed by atoms with Gasteiger partial charge in [0.1, 0.15) is 5.69 Å². The van der Waals surface area contributed by atoms with Crippen LogP contribution < -0.4 is 10.6 Å². The highest BCUT2D eigenvalue weighted by Gasteiger charge is 2.20. The molecule has 1 aromatic carbocycles. The van der Waals surface area contributed by atoms with Gasteiger partial charge in [0.05, 0.1) is 9.82 Å². The quantitative estimate of drug-likeness (QED) is 0.632.